The summed E-state index contributed by atoms with van der Waals surface area (Å²) in [5.41, 5.74) is 5.73. The molecule has 19 heavy (non-hydrogen) atoms. The van der Waals surface area contributed by atoms with E-state index in [4.69, 9.17) is 0 Å². The van der Waals surface area contributed by atoms with Crippen LogP contribution < -0.4 is 0 Å². The van der Waals surface area contributed by atoms with E-state index in [1.807, 2.05) is 6.92 Å². The van der Waals surface area contributed by atoms with E-state index < -0.39 is 0 Å². The van der Waals surface area contributed by atoms with Gasteiger partial charge >= 0.3 is 0 Å². The number of benzene rings is 1. The maximum absolute atomic E-state index is 11.2. The number of allylic oxidation sites excluding steroid dienone is 1. The van der Waals surface area contributed by atoms with Crippen molar-refractivity contribution < 1.29 is 4.79 Å². The Morgan fingerprint density at radius 3 is 2.26 bits per heavy atom. The highest BCUT2D eigenvalue weighted by molar-refractivity contribution is 5.78. The van der Waals surface area contributed by atoms with Crippen LogP contribution in [0.15, 0.2) is 24.3 Å². The molecule has 1 aliphatic carbocycles. The fraction of sp³-hybridized carbons (Fsp3) is 0.500. The maximum atomic E-state index is 11.2. The first-order valence-corrected chi connectivity index (χ1v) is 6.94. The molecule has 1 aromatic rings. The molecule has 1 heteroatoms. The number of fused-ring (bicyclic) bond motifs is 1. The summed E-state index contributed by atoms with van der Waals surface area (Å²) in [5, 5.41) is 0. The van der Waals surface area contributed by atoms with Crippen LogP contribution in [0.3, 0.4) is 0 Å². The highest BCUT2D eigenvalue weighted by Crippen LogP contribution is 2.51. The van der Waals surface area contributed by atoms with Crippen LogP contribution in [-0.2, 0) is 10.8 Å². The molecule has 0 fully saturated rings. The van der Waals surface area contributed by atoms with E-state index in [0.29, 0.717) is 5.92 Å². The summed E-state index contributed by atoms with van der Waals surface area (Å²) in [7, 11) is 0. The van der Waals surface area contributed by atoms with Gasteiger partial charge in [-0.1, -0.05) is 52.8 Å². The molecule has 0 saturated heterocycles. The van der Waals surface area contributed by atoms with Crippen molar-refractivity contribution >= 4 is 6.29 Å². The Labute approximate surface area is 116 Å². The summed E-state index contributed by atoms with van der Waals surface area (Å²) < 4.78 is 0. The van der Waals surface area contributed by atoms with Gasteiger partial charge in [0.15, 0.2) is 0 Å². The van der Waals surface area contributed by atoms with Gasteiger partial charge in [-0.25, -0.2) is 0 Å². The van der Waals surface area contributed by atoms with Crippen LogP contribution in [0.25, 0.3) is 0 Å². The number of hydrogen-bond acceptors (Lipinski definition) is 1. The zero-order valence-electron chi connectivity index (χ0n) is 12.9. The molecule has 0 amide bonds. The molecule has 1 aromatic carbocycles. The van der Waals surface area contributed by atoms with E-state index in [2.05, 4.69) is 53.3 Å². The van der Waals surface area contributed by atoms with Crippen LogP contribution in [0.5, 0.6) is 0 Å². The molecule has 0 heterocycles. The second kappa shape index (κ2) is 4.06. The molecule has 0 unspecified atom stereocenters. The fourth-order valence-electron chi connectivity index (χ4n) is 3.28. The third-order valence-corrected chi connectivity index (χ3v) is 5.31. The molecule has 0 spiro atoms. The average molecular weight is 256 g/mol. The van der Waals surface area contributed by atoms with Gasteiger partial charge < -0.3 is 0 Å². The SMILES string of the molecule is C=C1[C@H](C)C(C)(C)c2cc(C)c(C=O)cc2C1(C)C. The molecule has 0 aromatic heterocycles. The number of aldehydes is 1. The molecule has 0 radical (unpaired) electrons. The Hall–Kier alpha value is -1.37. The highest BCUT2D eigenvalue weighted by atomic mass is 16.1. The topological polar surface area (TPSA) is 17.1 Å². The summed E-state index contributed by atoms with van der Waals surface area (Å²) in [5.74, 6) is 0.427. The first-order chi connectivity index (χ1) is 8.64. The zero-order valence-corrected chi connectivity index (χ0v) is 12.9. The number of hydrogen-bond donors (Lipinski definition) is 0. The lowest BCUT2D eigenvalue weighted by atomic mass is 9.55. The molecule has 102 valence electrons. The van der Waals surface area contributed by atoms with Gasteiger partial charge in [0.05, 0.1) is 0 Å². The molecule has 1 nitrogen and oxygen atoms in total. The normalized spacial score (nSPS) is 23.9. The Balaban J connectivity index is 2.84. The zero-order chi connectivity index (χ0) is 14.6. The van der Waals surface area contributed by atoms with Crippen LogP contribution in [0.2, 0.25) is 0 Å². The molecule has 1 aliphatic rings. The number of carbonyl (C=O) groups is 1. The molecular formula is C18H24O. The van der Waals surface area contributed by atoms with Gasteiger partial charge in [0.2, 0.25) is 0 Å². The Bertz CT molecular complexity index is 561. The third-order valence-electron chi connectivity index (χ3n) is 5.31. The van der Waals surface area contributed by atoms with E-state index in [1.54, 1.807) is 0 Å². The molecule has 2 rings (SSSR count). The van der Waals surface area contributed by atoms with Crippen LogP contribution in [0.4, 0.5) is 0 Å². The average Bonchev–Trinajstić information content (AvgIpc) is 2.34. The Morgan fingerprint density at radius 1 is 1.16 bits per heavy atom. The van der Waals surface area contributed by atoms with Crippen molar-refractivity contribution in [2.45, 2.75) is 52.4 Å². The van der Waals surface area contributed by atoms with Gasteiger partial charge in [0.1, 0.15) is 6.29 Å². The lowest BCUT2D eigenvalue weighted by Crippen LogP contribution is -2.42. The number of rotatable bonds is 1. The third kappa shape index (κ3) is 1.79. The monoisotopic (exact) mass is 256 g/mol. The van der Waals surface area contributed by atoms with Gasteiger partial charge in [-0.15, -0.1) is 0 Å². The summed E-state index contributed by atoms with van der Waals surface area (Å²) in [4.78, 5) is 11.2. The van der Waals surface area contributed by atoms with E-state index in [1.165, 1.54) is 16.7 Å². The predicted molar refractivity (Wildman–Crippen MR) is 80.9 cm³/mol. The fourth-order valence-corrected chi connectivity index (χ4v) is 3.28. The maximum Gasteiger partial charge on any atom is 0.150 e. The number of aryl methyl sites for hydroxylation is 1. The van der Waals surface area contributed by atoms with Crippen LogP contribution >= 0.6 is 0 Å². The largest absolute Gasteiger partial charge is 0.298 e. The van der Waals surface area contributed by atoms with Gasteiger partial charge in [0.25, 0.3) is 0 Å². The Morgan fingerprint density at radius 2 is 1.74 bits per heavy atom. The predicted octanol–water partition coefficient (Wildman–Crippen LogP) is 4.57. The molecule has 0 bridgehead atoms. The van der Waals surface area contributed by atoms with Crippen molar-refractivity contribution in [3.8, 4) is 0 Å². The Kier molecular flexibility index (Phi) is 3.00. The second-order valence-corrected chi connectivity index (χ2v) is 6.97. The summed E-state index contributed by atoms with van der Waals surface area (Å²) in [6.07, 6.45) is 0.958. The van der Waals surface area contributed by atoms with Crippen molar-refractivity contribution in [1.82, 2.24) is 0 Å². The van der Waals surface area contributed by atoms with Crippen molar-refractivity contribution in [3.05, 3.63) is 46.5 Å². The van der Waals surface area contributed by atoms with Crippen molar-refractivity contribution in [2.75, 3.05) is 0 Å². The van der Waals surface area contributed by atoms with Gasteiger partial charge in [-0.05, 0) is 41.0 Å². The second-order valence-electron chi connectivity index (χ2n) is 6.97. The summed E-state index contributed by atoms with van der Waals surface area (Å²) in [6, 6.07) is 4.26. The van der Waals surface area contributed by atoms with Crippen molar-refractivity contribution in [2.24, 2.45) is 5.92 Å². The minimum absolute atomic E-state index is 0.0636. The standard InChI is InChI=1S/C18H24O/c1-11-8-15-16(9-14(11)10-19)18(6,7)13(3)12(2)17(15,4)5/h8-10,12H,3H2,1-2,4-7H3/t12-/m0/s1. The molecular weight excluding hydrogens is 232 g/mol. The first-order valence-electron chi connectivity index (χ1n) is 6.94. The highest BCUT2D eigenvalue weighted by Gasteiger charge is 2.44. The molecule has 1 atom stereocenters. The van der Waals surface area contributed by atoms with Crippen molar-refractivity contribution in [1.29, 1.82) is 0 Å². The number of carbonyl (C=O) groups excluding carboxylic acids is 1. The van der Waals surface area contributed by atoms with Crippen LogP contribution in [0.1, 0.15) is 61.7 Å². The van der Waals surface area contributed by atoms with Gasteiger partial charge in [-0.3, -0.25) is 4.79 Å². The summed E-state index contributed by atoms with van der Waals surface area (Å²) >= 11 is 0. The minimum atomic E-state index is -0.0737. The van der Waals surface area contributed by atoms with E-state index in [0.717, 1.165) is 17.4 Å². The molecule has 0 N–H and O–H groups in total. The van der Waals surface area contributed by atoms with E-state index in [9.17, 15) is 4.79 Å². The lowest BCUT2D eigenvalue weighted by molar-refractivity contribution is 0.112. The molecule has 0 aliphatic heterocycles. The lowest BCUT2D eigenvalue weighted by Gasteiger charge is -2.48. The van der Waals surface area contributed by atoms with E-state index >= 15 is 0 Å². The van der Waals surface area contributed by atoms with Crippen molar-refractivity contribution in [3.63, 3.8) is 0 Å². The van der Waals surface area contributed by atoms with Gasteiger partial charge in [0, 0.05) is 11.0 Å². The smallest absolute Gasteiger partial charge is 0.150 e. The van der Waals surface area contributed by atoms with Crippen LogP contribution in [-0.4, -0.2) is 6.29 Å². The first kappa shape index (κ1) is 14.0. The van der Waals surface area contributed by atoms with Crippen LogP contribution in [0, 0.1) is 12.8 Å². The minimum Gasteiger partial charge on any atom is -0.298 e. The quantitative estimate of drug-likeness (QED) is 0.531. The molecule has 0 saturated carbocycles. The summed E-state index contributed by atoms with van der Waals surface area (Å²) in [6.45, 7) is 17.6. The van der Waals surface area contributed by atoms with E-state index in [-0.39, 0.29) is 10.8 Å². The van der Waals surface area contributed by atoms with Gasteiger partial charge in [-0.2, -0.15) is 0 Å².